The Bertz CT molecular complexity index is 932. The molecule has 0 N–H and O–H groups in total. The van der Waals surface area contributed by atoms with Crippen molar-refractivity contribution in [1.29, 1.82) is 0 Å². The van der Waals surface area contributed by atoms with Crippen molar-refractivity contribution < 1.29 is 9.53 Å². The van der Waals surface area contributed by atoms with Crippen LogP contribution < -0.4 is 4.74 Å². The third-order valence-corrected chi connectivity index (χ3v) is 5.87. The number of hydrogen-bond donors (Lipinski definition) is 0. The minimum absolute atomic E-state index is 0.0143. The molecule has 0 radical (unpaired) electrons. The zero-order chi connectivity index (χ0) is 20.3. The summed E-state index contributed by atoms with van der Waals surface area (Å²) < 4.78 is 5.28. The molecule has 1 aliphatic rings. The fourth-order valence-corrected chi connectivity index (χ4v) is 4.02. The molecule has 1 aliphatic heterocycles. The second-order valence-electron chi connectivity index (χ2n) is 7.00. The summed E-state index contributed by atoms with van der Waals surface area (Å²) in [7, 11) is 1.65. The van der Waals surface area contributed by atoms with Crippen molar-refractivity contribution in [1.82, 2.24) is 4.90 Å². The van der Waals surface area contributed by atoms with Crippen LogP contribution >= 0.6 is 11.8 Å². The molecule has 0 aliphatic carbocycles. The molecule has 146 valence electrons. The number of methoxy groups -OCH3 is 1. The molecule has 0 unspecified atom stereocenters. The van der Waals surface area contributed by atoms with Gasteiger partial charge in [0.2, 0.25) is 0 Å². The second kappa shape index (κ2) is 8.65. The van der Waals surface area contributed by atoms with E-state index in [9.17, 15) is 4.79 Å². The van der Waals surface area contributed by atoms with Crippen LogP contribution in [0.1, 0.15) is 37.0 Å². The van der Waals surface area contributed by atoms with Gasteiger partial charge < -0.3 is 4.74 Å². The average molecular weight is 395 g/mol. The highest BCUT2D eigenvalue weighted by Gasteiger charge is 2.36. The van der Waals surface area contributed by atoms with Crippen LogP contribution in [0.5, 0.6) is 5.75 Å². The first-order valence-corrected chi connectivity index (χ1v) is 10.3. The van der Waals surface area contributed by atoms with Crippen molar-refractivity contribution in [3.63, 3.8) is 0 Å². The number of aryl methyl sites for hydroxylation is 2. The van der Waals surface area contributed by atoms with Gasteiger partial charge in [-0.2, -0.15) is 0 Å². The van der Waals surface area contributed by atoms with Gasteiger partial charge in [0.1, 0.15) is 5.75 Å². The number of ether oxygens (including phenoxy) is 1. The molecule has 2 aromatic carbocycles. The molecule has 28 heavy (non-hydrogen) atoms. The van der Waals surface area contributed by atoms with Crippen LogP contribution in [0.25, 0.3) is 6.08 Å². The van der Waals surface area contributed by atoms with Crippen LogP contribution in [0.15, 0.2) is 52.4 Å². The molecular weight excluding hydrogens is 368 g/mol. The number of rotatable bonds is 5. The molecule has 1 saturated heterocycles. The zero-order valence-electron chi connectivity index (χ0n) is 17.0. The lowest BCUT2D eigenvalue weighted by Gasteiger charge is -2.22. The Kier molecular flexibility index (Phi) is 6.25. The summed E-state index contributed by atoms with van der Waals surface area (Å²) >= 11 is 1.44. The largest absolute Gasteiger partial charge is 0.497 e. The number of amides is 1. The fraction of sp³-hybridized carbons (Fsp3) is 0.304. The van der Waals surface area contributed by atoms with E-state index < -0.39 is 0 Å². The number of hydrogen-bond acceptors (Lipinski definition) is 4. The van der Waals surface area contributed by atoms with E-state index in [0.29, 0.717) is 4.91 Å². The number of carbonyl (C=O) groups is 1. The summed E-state index contributed by atoms with van der Waals surface area (Å²) in [5.41, 5.74) is 4.13. The van der Waals surface area contributed by atoms with Crippen LogP contribution in [0.3, 0.4) is 0 Å². The van der Waals surface area contributed by atoms with E-state index in [1.54, 1.807) is 7.11 Å². The maximum atomic E-state index is 13.1. The van der Waals surface area contributed by atoms with E-state index >= 15 is 0 Å². The molecule has 2 aromatic rings. The summed E-state index contributed by atoms with van der Waals surface area (Å²) in [4.78, 5) is 20.4. The minimum atomic E-state index is 0.0143. The van der Waals surface area contributed by atoms with Crippen LogP contribution in [0.2, 0.25) is 0 Å². The molecule has 0 saturated carbocycles. The molecule has 1 atom stereocenters. The summed E-state index contributed by atoms with van der Waals surface area (Å²) in [6.45, 7) is 8.22. The van der Waals surface area contributed by atoms with Crippen molar-refractivity contribution in [2.24, 2.45) is 4.99 Å². The standard InChI is InChI=1S/C23H26N2O2S/c1-6-17(4)25-22(26)21(14-18-9-12-20(27-5)13-16(18)3)28-23(25)24-19-10-7-15(2)8-11-19/h7-14,17H,6H2,1-5H3/b21-14+,24-23?/t17-/m1/s1. The molecule has 0 bridgehead atoms. The van der Waals surface area contributed by atoms with Gasteiger partial charge in [0, 0.05) is 6.04 Å². The smallest absolute Gasteiger partial charge is 0.266 e. The number of carbonyl (C=O) groups excluding carboxylic acids is 1. The SMILES string of the molecule is CC[C@@H](C)N1C(=O)/C(=C\c2ccc(OC)cc2C)SC1=Nc1ccc(C)cc1. The van der Waals surface area contributed by atoms with Crippen molar-refractivity contribution in [3.8, 4) is 5.75 Å². The Morgan fingerprint density at radius 3 is 2.50 bits per heavy atom. The summed E-state index contributed by atoms with van der Waals surface area (Å²) in [5, 5.41) is 0.737. The molecule has 1 fully saturated rings. The van der Waals surface area contributed by atoms with Gasteiger partial charge in [0.05, 0.1) is 17.7 Å². The first-order chi connectivity index (χ1) is 13.4. The lowest BCUT2D eigenvalue weighted by molar-refractivity contribution is -0.123. The van der Waals surface area contributed by atoms with E-state index in [-0.39, 0.29) is 11.9 Å². The van der Waals surface area contributed by atoms with E-state index in [1.807, 2.05) is 67.3 Å². The van der Waals surface area contributed by atoms with Gasteiger partial charge in [-0.05, 0) is 80.4 Å². The molecule has 5 heteroatoms. The van der Waals surface area contributed by atoms with E-state index in [0.717, 1.165) is 34.2 Å². The lowest BCUT2D eigenvalue weighted by atomic mass is 10.1. The molecule has 1 heterocycles. The zero-order valence-corrected chi connectivity index (χ0v) is 17.8. The number of amidine groups is 1. The predicted molar refractivity (Wildman–Crippen MR) is 118 cm³/mol. The third-order valence-electron chi connectivity index (χ3n) is 4.89. The summed E-state index contributed by atoms with van der Waals surface area (Å²) in [6.07, 6.45) is 2.82. The van der Waals surface area contributed by atoms with Gasteiger partial charge in [-0.25, -0.2) is 4.99 Å². The average Bonchev–Trinajstić information content (AvgIpc) is 2.99. The quantitative estimate of drug-likeness (QED) is 0.610. The molecule has 1 amide bonds. The first kappa shape index (κ1) is 20.2. The topological polar surface area (TPSA) is 41.9 Å². The first-order valence-electron chi connectivity index (χ1n) is 9.46. The van der Waals surface area contributed by atoms with Crippen molar-refractivity contribution >= 4 is 34.6 Å². The van der Waals surface area contributed by atoms with Gasteiger partial charge in [-0.1, -0.05) is 30.7 Å². The van der Waals surface area contributed by atoms with Gasteiger partial charge in [-0.15, -0.1) is 0 Å². The van der Waals surface area contributed by atoms with Crippen LogP contribution in [0.4, 0.5) is 5.69 Å². The van der Waals surface area contributed by atoms with Gasteiger partial charge in [-0.3, -0.25) is 9.69 Å². The molecule has 3 rings (SSSR count). The number of benzene rings is 2. The summed E-state index contributed by atoms with van der Waals surface area (Å²) in [5.74, 6) is 0.827. The molecular formula is C23H26N2O2S. The Hall–Kier alpha value is -2.53. The highest BCUT2D eigenvalue weighted by Crippen LogP contribution is 2.36. The number of nitrogens with zero attached hydrogens (tertiary/aromatic N) is 2. The van der Waals surface area contributed by atoms with Gasteiger partial charge in [0.25, 0.3) is 5.91 Å². The van der Waals surface area contributed by atoms with Gasteiger partial charge in [0.15, 0.2) is 5.17 Å². The van der Waals surface area contributed by atoms with Crippen molar-refractivity contribution in [2.45, 2.75) is 40.2 Å². The highest BCUT2D eigenvalue weighted by atomic mass is 32.2. The molecule has 0 aromatic heterocycles. The number of aliphatic imine (C=N–C) groups is 1. The Balaban J connectivity index is 1.98. The second-order valence-corrected chi connectivity index (χ2v) is 8.00. The van der Waals surface area contributed by atoms with Crippen LogP contribution in [0, 0.1) is 13.8 Å². The van der Waals surface area contributed by atoms with Crippen LogP contribution in [-0.2, 0) is 4.79 Å². The Labute approximate surface area is 171 Å². The van der Waals surface area contributed by atoms with E-state index in [1.165, 1.54) is 17.3 Å². The molecule has 4 nitrogen and oxygen atoms in total. The molecule has 0 spiro atoms. The Morgan fingerprint density at radius 1 is 1.18 bits per heavy atom. The lowest BCUT2D eigenvalue weighted by Crippen LogP contribution is -2.36. The minimum Gasteiger partial charge on any atom is -0.497 e. The van der Waals surface area contributed by atoms with Crippen LogP contribution in [-0.4, -0.2) is 29.1 Å². The van der Waals surface area contributed by atoms with Crippen molar-refractivity contribution in [2.75, 3.05) is 7.11 Å². The Morgan fingerprint density at radius 2 is 1.89 bits per heavy atom. The summed E-state index contributed by atoms with van der Waals surface area (Å²) in [6, 6.07) is 14.0. The highest BCUT2D eigenvalue weighted by molar-refractivity contribution is 8.18. The maximum Gasteiger partial charge on any atom is 0.266 e. The van der Waals surface area contributed by atoms with E-state index in [4.69, 9.17) is 9.73 Å². The monoisotopic (exact) mass is 394 g/mol. The van der Waals surface area contributed by atoms with Crippen molar-refractivity contribution in [3.05, 3.63) is 64.1 Å². The van der Waals surface area contributed by atoms with E-state index in [2.05, 4.69) is 13.8 Å². The third kappa shape index (κ3) is 4.30. The normalized spacial score (nSPS) is 18.2. The fourth-order valence-electron chi connectivity index (χ4n) is 2.94. The number of thioether (sulfide) groups is 1. The van der Waals surface area contributed by atoms with Gasteiger partial charge >= 0.3 is 0 Å². The maximum absolute atomic E-state index is 13.1. The predicted octanol–water partition coefficient (Wildman–Crippen LogP) is 5.71.